The maximum atomic E-state index is 12.6. The van der Waals surface area contributed by atoms with Gasteiger partial charge in [0.15, 0.2) is 0 Å². The van der Waals surface area contributed by atoms with Crippen LogP contribution < -0.4 is 5.56 Å². The van der Waals surface area contributed by atoms with Crippen molar-refractivity contribution in [3.8, 4) is 0 Å². The third-order valence-corrected chi connectivity index (χ3v) is 5.83. The number of hydrogen-bond donors (Lipinski definition) is 0. The third-order valence-electron chi connectivity index (χ3n) is 4.89. The summed E-state index contributed by atoms with van der Waals surface area (Å²) >= 11 is 1.78. The van der Waals surface area contributed by atoms with Gasteiger partial charge in [0.25, 0.3) is 5.56 Å². The molecule has 0 N–H and O–H groups in total. The van der Waals surface area contributed by atoms with Gasteiger partial charge < -0.3 is 4.90 Å². The lowest BCUT2D eigenvalue weighted by Crippen LogP contribution is -2.50. The van der Waals surface area contributed by atoms with Gasteiger partial charge in [-0.15, -0.1) is 16.4 Å². The first kappa shape index (κ1) is 17.8. The number of aromatic nitrogens is 3. The molecule has 0 saturated carbocycles. The molecule has 7 nitrogen and oxygen atoms in total. The fourth-order valence-corrected chi connectivity index (χ4v) is 4.00. The molecule has 27 heavy (non-hydrogen) atoms. The molecule has 0 spiro atoms. The first-order valence-electron chi connectivity index (χ1n) is 9.06. The highest BCUT2D eigenvalue weighted by atomic mass is 32.1. The highest BCUT2D eigenvalue weighted by molar-refractivity contribution is 7.09. The predicted molar refractivity (Wildman–Crippen MR) is 105 cm³/mol. The first-order valence-corrected chi connectivity index (χ1v) is 9.94. The first-order chi connectivity index (χ1) is 13.2. The van der Waals surface area contributed by atoms with Crippen molar-refractivity contribution in [1.29, 1.82) is 0 Å². The summed E-state index contributed by atoms with van der Waals surface area (Å²) in [4.78, 5) is 30.6. The van der Waals surface area contributed by atoms with Gasteiger partial charge in [0, 0.05) is 37.6 Å². The summed E-state index contributed by atoms with van der Waals surface area (Å²) in [6, 6.07) is 11.3. The zero-order valence-electron chi connectivity index (χ0n) is 15.0. The van der Waals surface area contributed by atoms with E-state index in [1.165, 1.54) is 4.88 Å². The maximum Gasteiger partial charge on any atom is 0.278 e. The second-order valence-corrected chi connectivity index (χ2v) is 7.65. The number of piperazine rings is 1. The van der Waals surface area contributed by atoms with Crippen molar-refractivity contribution in [1.82, 2.24) is 24.8 Å². The summed E-state index contributed by atoms with van der Waals surface area (Å²) in [5.74, 6) is -0.0837. The molecule has 0 aliphatic carbocycles. The largest absolute Gasteiger partial charge is 0.339 e. The lowest BCUT2D eigenvalue weighted by Gasteiger charge is -2.34. The SMILES string of the molecule is O=C(Cn1nnc2ccccc2c1=O)N1CCN(CCc2cccs2)CC1. The van der Waals surface area contributed by atoms with Crippen LogP contribution in [0.2, 0.25) is 0 Å². The molecule has 0 atom stereocenters. The number of nitrogens with zero attached hydrogens (tertiary/aromatic N) is 5. The van der Waals surface area contributed by atoms with E-state index in [2.05, 4.69) is 32.7 Å². The second kappa shape index (κ2) is 7.98. The minimum absolute atomic E-state index is 0.0636. The summed E-state index contributed by atoms with van der Waals surface area (Å²) in [7, 11) is 0. The summed E-state index contributed by atoms with van der Waals surface area (Å²) in [5, 5.41) is 10.5. The average molecular weight is 383 g/mol. The number of fused-ring (bicyclic) bond motifs is 1. The van der Waals surface area contributed by atoms with E-state index in [-0.39, 0.29) is 18.0 Å². The van der Waals surface area contributed by atoms with Gasteiger partial charge in [-0.05, 0) is 30.0 Å². The van der Waals surface area contributed by atoms with Crippen LogP contribution in [0.25, 0.3) is 10.9 Å². The Morgan fingerprint density at radius 3 is 2.67 bits per heavy atom. The van der Waals surface area contributed by atoms with E-state index >= 15 is 0 Å². The number of carbonyl (C=O) groups excluding carboxylic acids is 1. The Bertz CT molecular complexity index is 977. The molecule has 0 radical (unpaired) electrons. The standard InChI is InChI=1S/C19H21N5O2S/c25-18(14-24-19(26)16-5-1-2-6-17(16)20-21-24)23-11-9-22(10-12-23)8-7-15-4-3-13-27-15/h1-6,13H,7-12,14H2. The van der Waals surface area contributed by atoms with Crippen molar-refractivity contribution in [2.45, 2.75) is 13.0 Å². The fourth-order valence-electron chi connectivity index (χ4n) is 3.30. The molecule has 3 heterocycles. The molecule has 0 bridgehead atoms. The quantitative estimate of drug-likeness (QED) is 0.663. The van der Waals surface area contributed by atoms with Crippen LogP contribution in [-0.2, 0) is 17.8 Å². The highest BCUT2D eigenvalue weighted by Crippen LogP contribution is 2.11. The molecule has 1 amide bonds. The number of amides is 1. The van der Waals surface area contributed by atoms with E-state index in [1.807, 2.05) is 11.0 Å². The lowest BCUT2D eigenvalue weighted by atomic mass is 10.2. The van der Waals surface area contributed by atoms with Gasteiger partial charge >= 0.3 is 0 Å². The van der Waals surface area contributed by atoms with Crippen molar-refractivity contribution in [3.05, 3.63) is 57.0 Å². The van der Waals surface area contributed by atoms with Crippen LogP contribution in [0.3, 0.4) is 0 Å². The highest BCUT2D eigenvalue weighted by Gasteiger charge is 2.22. The Kier molecular flexibility index (Phi) is 5.26. The molecule has 1 aliphatic heterocycles. The average Bonchev–Trinajstić information content (AvgIpc) is 3.23. The van der Waals surface area contributed by atoms with Gasteiger partial charge in [0.2, 0.25) is 5.91 Å². The Hall–Kier alpha value is -2.58. The minimum atomic E-state index is -0.275. The Morgan fingerprint density at radius 2 is 1.89 bits per heavy atom. The van der Waals surface area contributed by atoms with Crippen LogP contribution in [0.4, 0.5) is 0 Å². The zero-order valence-corrected chi connectivity index (χ0v) is 15.8. The number of rotatable bonds is 5. The molecule has 1 saturated heterocycles. The van der Waals surface area contributed by atoms with Gasteiger partial charge in [0.1, 0.15) is 12.1 Å². The summed E-state index contributed by atoms with van der Waals surface area (Å²) < 4.78 is 1.16. The van der Waals surface area contributed by atoms with Gasteiger partial charge in [0.05, 0.1) is 5.39 Å². The number of hydrogen-bond acceptors (Lipinski definition) is 6. The minimum Gasteiger partial charge on any atom is -0.339 e. The van der Waals surface area contributed by atoms with Crippen molar-refractivity contribution in [2.75, 3.05) is 32.7 Å². The Morgan fingerprint density at radius 1 is 1.07 bits per heavy atom. The number of benzene rings is 1. The monoisotopic (exact) mass is 383 g/mol. The molecule has 1 fully saturated rings. The van der Waals surface area contributed by atoms with Crippen molar-refractivity contribution < 1.29 is 4.79 Å². The summed E-state index contributed by atoms with van der Waals surface area (Å²) in [6.45, 7) is 4.02. The molecule has 0 unspecified atom stereocenters. The molecule has 1 aromatic carbocycles. The Balaban J connectivity index is 1.33. The predicted octanol–water partition coefficient (Wildman–Crippen LogP) is 1.24. The molecule has 3 aromatic rings. The fraction of sp³-hybridized carbons (Fsp3) is 0.368. The molecule has 8 heteroatoms. The zero-order chi connectivity index (χ0) is 18.6. The van der Waals surface area contributed by atoms with Gasteiger partial charge in [-0.25, -0.2) is 4.68 Å². The van der Waals surface area contributed by atoms with E-state index in [1.54, 1.807) is 29.5 Å². The third kappa shape index (κ3) is 4.06. The van der Waals surface area contributed by atoms with Crippen LogP contribution in [0.5, 0.6) is 0 Å². The Labute approximate surface area is 160 Å². The van der Waals surface area contributed by atoms with Gasteiger partial charge in [-0.3, -0.25) is 14.5 Å². The van der Waals surface area contributed by atoms with E-state index in [4.69, 9.17) is 0 Å². The summed E-state index contributed by atoms with van der Waals surface area (Å²) in [5.41, 5.74) is 0.272. The van der Waals surface area contributed by atoms with E-state index in [0.29, 0.717) is 24.0 Å². The number of thiophene rings is 1. The molecular weight excluding hydrogens is 362 g/mol. The maximum absolute atomic E-state index is 12.6. The normalized spacial score (nSPS) is 15.3. The van der Waals surface area contributed by atoms with Crippen LogP contribution in [0.1, 0.15) is 4.88 Å². The second-order valence-electron chi connectivity index (χ2n) is 6.62. The van der Waals surface area contributed by atoms with Crippen LogP contribution >= 0.6 is 11.3 Å². The summed E-state index contributed by atoms with van der Waals surface area (Å²) in [6.07, 6.45) is 1.05. The van der Waals surface area contributed by atoms with E-state index in [0.717, 1.165) is 30.7 Å². The molecule has 140 valence electrons. The van der Waals surface area contributed by atoms with Gasteiger partial charge in [-0.2, -0.15) is 0 Å². The molecular formula is C19H21N5O2S. The van der Waals surface area contributed by atoms with Gasteiger partial charge in [-0.1, -0.05) is 23.4 Å². The molecule has 2 aromatic heterocycles. The van der Waals surface area contributed by atoms with Crippen LogP contribution in [0.15, 0.2) is 46.6 Å². The van der Waals surface area contributed by atoms with E-state index < -0.39 is 0 Å². The lowest BCUT2D eigenvalue weighted by molar-refractivity contribution is -0.133. The number of carbonyl (C=O) groups is 1. The van der Waals surface area contributed by atoms with Crippen LogP contribution in [0, 0.1) is 0 Å². The van der Waals surface area contributed by atoms with Crippen molar-refractivity contribution >= 4 is 28.1 Å². The molecule has 1 aliphatic rings. The van der Waals surface area contributed by atoms with Crippen LogP contribution in [-0.4, -0.2) is 63.4 Å². The molecule has 4 rings (SSSR count). The van der Waals surface area contributed by atoms with E-state index in [9.17, 15) is 9.59 Å². The van der Waals surface area contributed by atoms with Crippen molar-refractivity contribution in [3.63, 3.8) is 0 Å². The van der Waals surface area contributed by atoms with Crippen molar-refractivity contribution in [2.24, 2.45) is 0 Å². The smallest absolute Gasteiger partial charge is 0.278 e. The topological polar surface area (TPSA) is 71.3 Å².